The second-order valence-electron chi connectivity index (χ2n) is 4.38. The molecular weight excluding hydrogens is 361 g/mol. The number of rotatable bonds is 5. The number of esters is 1. The fourth-order valence-electron chi connectivity index (χ4n) is 2.32. The van der Waals surface area contributed by atoms with E-state index in [4.69, 9.17) is 4.74 Å². The van der Waals surface area contributed by atoms with Gasteiger partial charge in [0.25, 0.3) is 0 Å². The molecule has 0 fully saturated rings. The number of hydrogen-bond donors (Lipinski definition) is 1. The summed E-state index contributed by atoms with van der Waals surface area (Å²) in [5.41, 5.74) is 1.44. The van der Waals surface area contributed by atoms with E-state index >= 15 is 0 Å². The minimum absolute atomic E-state index is 0.110. The van der Waals surface area contributed by atoms with Crippen molar-refractivity contribution in [3.63, 3.8) is 0 Å². The molecule has 0 radical (unpaired) electrons. The molecule has 1 aromatic rings. The molecule has 1 atom stereocenters. The SMILES string of the molecule is CCOC(=O)CCNC1CCCc2sc(I)cc21. The Balaban J connectivity index is 1.85. The van der Waals surface area contributed by atoms with Gasteiger partial charge in [0.1, 0.15) is 0 Å². The minimum Gasteiger partial charge on any atom is -0.466 e. The van der Waals surface area contributed by atoms with Crippen molar-refractivity contribution in [2.24, 2.45) is 0 Å². The fourth-order valence-corrected chi connectivity index (χ4v) is 4.43. The van der Waals surface area contributed by atoms with E-state index in [1.54, 1.807) is 0 Å². The summed E-state index contributed by atoms with van der Waals surface area (Å²) in [5, 5.41) is 3.48. The number of aryl methyl sites for hydroxylation is 1. The van der Waals surface area contributed by atoms with Crippen LogP contribution >= 0.6 is 33.9 Å². The Morgan fingerprint density at radius 2 is 2.50 bits per heavy atom. The average molecular weight is 379 g/mol. The zero-order valence-corrected chi connectivity index (χ0v) is 13.5. The predicted molar refractivity (Wildman–Crippen MR) is 82.0 cm³/mol. The smallest absolute Gasteiger partial charge is 0.307 e. The highest BCUT2D eigenvalue weighted by Gasteiger charge is 2.22. The summed E-state index contributed by atoms with van der Waals surface area (Å²) >= 11 is 4.28. The normalized spacial score (nSPS) is 18.4. The molecule has 0 aliphatic heterocycles. The largest absolute Gasteiger partial charge is 0.466 e. The highest BCUT2D eigenvalue weighted by atomic mass is 127. The third-order valence-electron chi connectivity index (χ3n) is 3.11. The molecule has 100 valence electrons. The maximum atomic E-state index is 11.3. The fraction of sp³-hybridized carbons (Fsp3) is 0.615. The maximum Gasteiger partial charge on any atom is 0.307 e. The quantitative estimate of drug-likeness (QED) is 0.631. The summed E-state index contributed by atoms with van der Waals surface area (Å²) in [5.74, 6) is -0.110. The molecule has 5 heteroatoms. The van der Waals surface area contributed by atoms with Crippen LogP contribution in [0.15, 0.2) is 6.07 Å². The Morgan fingerprint density at radius 3 is 3.28 bits per heavy atom. The van der Waals surface area contributed by atoms with Crippen LogP contribution in [0.3, 0.4) is 0 Å². The van der Waals surface area contributed by atoms with Gasteiger partial charge in [0.05, 0.1) is 15.9 Å². The molecule has 1 heterocycles. The Labute approximate surface area is 125 Å². The van der Waals surface area contributed by atoms with Crippen LogP contribution in [-0.4, -0.2) is 19.1 Å². The van der Waals surface area contributed by atoms with Crippen molar-refractivity contribution in [1.82, 2.24) is 5.32 Å². The molecule has 0 spiro atoms. The van der Waals surface area contributed by atoms with Gasteiger partial charge in [-0.2, -0.15) is 0 Å². The average Bonchev–Trinajstić information content (AvgIpc) is 2.70. The second-order valence-corrected chi connectivity index (χ2v) is 7.41. The maximum absolute atomic E-state index is 11.3. The van der Waals surface area contributed by atoms with Crippen LogP contribution < -0.4 is 5.32 Å². The Morgan fingerprint density at radius 1 is 1.67 bits per heavy atom. The third-order valence-corrected chi connectivity index (χ3v) is 5.08. The summed E-state index contributed by atoms with van der Waals surface area (Å²) in [6.45, 7) is 3.01. The zero-order valence-electron chi connectivity index (χ0n) is 10.5. The topological polar surface area (TPSA) is 38.3 Å². The molecule has 3 nitrogen and oxygen atoms in total. The van der Waals surface area contributed by atoms with Gasteiger partial charge in [0, 0.05) is 17.5 Å². The molecular formula is C13H18INO2S. The van der Waals surface area contributed by atoms with Crippen LogP contribution in [0.1, 0.15) is 42.7 Å². The Hall–Kier alpha value is -0.140. The summed E-state index contributed by atoms with van der Waals surface area (Å²) in [4.78, 5) is 12.8. The van der Waals surface area contributed by atoms with Crippen LogP contribution in [0.5, 0.6) is 0 Å². The molecule has 0 bridgehead atoms. The van der Waals surface area contributed by atoms with E-state index in [1.165, 1.54) is 32.6 Å². The summed E-state index contributed by atoms with van der Waals surface area (Å²) in [6.07, 6.45) is 4.07. The monoisotopic (exact) mass is 379 g/mol. The van der Waals surface area contributed by atoms with E-state index in [1.807, 2.05) is 18.3 Å². The minimum atomic E-state index is -0.110. The van der Waals surface area contributed by atoms with Crippen LogP contribution in [0.25, 0.3) is 0 Å². The molecule has 0 amide bonds. The lowest BCUT2D eigenvalue weighted by Crippen LogP contribution is -2.26. The standard InChI is InChI=1S/C13H18INO2S/c1-2-17-13(16)6-7-15-10-4-3-5-11-9(10)8-12(14)18-11/h8,10,15H,2-7H2,1H3. The Kier molecular flexibility index (Phi) is 5.44. The van der Waals surface area contributed by atoms with Crippen LogP contribution in [0.4, 0.5) is 0 Å². The summed E-state index contributed by atoms with van der Waals surface area (Å²) in [7, 11) is 0. The first-order chi connectivity index (χ1) is 8.70. The second kappa shape index (κ2) is 6.86. The van der Waals surface area contributed by atoms with Gasteiger partial charge < -0.3 is 10.1 Å². The van der Waals surface area contributed by atoms with Crippen molar-refractivity contribution in [2.45, 2.75) is 38.6 Å². The molecule has 0 aromatic carbocycles. The van der Waals surface area contributed by atoms with Gasteiger partial charge in [-0.25, -0.2) is 0 Å². The zero-order chi connectivity index (χ0) is 13.0. The number of hydrogen-bond acceptors (Lipinski definition) is 4. The van der Waals surface area contributed by atoms with Crippen molar-refractivity contribution < 1.29 is 9.53 Å². The first kappa shape index (κ1) is 14.3. The van der Waals surface area contributed by atoms with E-state index in [0.29, 0.717) is 25.6 Å². The number of fused-ring (bicyclic) bond motifs is 1. The summed E-state index contributed by atoms with van der Waals surface area (Å²) < 4.78 is 6.28. The molecule has 0 saturated carbocycles. The van der Waals surface area contributed by atoms with E-state index in [-0.39, 0.29) is 5.97 Å². The highest BCUT2D eigenvalue weighted by Crippen LogP contribution is 2.36. The van der Waals surface area contributed by atoms with Crippen LogP contribution in [-0.2, 0) is 16.0 Å². The van der Waals surface area contributed by atoms with Gasteiger partial charge >= 0.3 is 5.97 Å². The molecule has 1 aliphatic carbocycles. The highest BCUT2D eigenvalue weighted by molar-refractivity contribution is 14.1. The number of ether oxygens (including phenoxy) is 1. The van der Waals surface area contributed by atoms with Gasteiger partial charge in [-0.3, -0.25) is 4.79 Å². The Bertz CT molecular complexity index is 419. The lowest BCUT2D eigenvalue weighted by atomic mass is 9.94. The van der Waals surface area contributed by atoms with E-state index in [0.717, 1.165) is 0 Å². The molecule has 1 N–H and O–H groups in total. The van der Waals surface area contributed by atoms with E-state index < -0.39 is 0 Å². The van der Waals surface area contributed by atoms with Crippen molar-refractivity contribution in [3.8, 4) is 0 Å². The van der Waals surface area contributed by atoms with Crippen LogP contribution in [0.2, 0.25) is 0 Å². The van der Waals surface area contributed by atoms with Crippen molar-refractivity contribution in [1.29, 1.82) is 0 Å². The number of halogens is 1. The molecule has 1 aromatic heterocycles. The molecule has 2 rings (SSSR count). The molecule has 1 unspecified atom stereocenters. The van der Waals surface area contributed by atoms with Crippen molar-refractivity contribution >= 4 is 39.9 Å². The van der Waals surface area contributed by atoms with Gasteiger partial charge in [0.15, 0.2) is 0 Å². The van der Waals surface area contributed by atoms with Crippen molar-refractivity contribution in [2.75, 3.05) is 13.2 Å². The number of nitrogens with one attached hydrogen (secondary N) is 1. The van der Waals surface area contributed by atoms with Crippen LogP contribution in [0, 0.1) is 2.88 Å². The van der Waals surface area contributed by atoms with Gasteiger partial charge in [-0.1, -0.05) is 0 Å². The third kappa shape index (κ3) is 3.68. The first-order valence-corrected chi connectivity index (χ1v) is 8.27. The lowest BCUT2D eigenvalue weighted by molar-refractivity contribution is -0.143. The van der Waals surface area contributed by atoms with Gasteiger partial charge in [0.2, 0.25) is 0 Å². The van der Waals surface area contributed by atoms with Gasteiger partial charge in [-0.15, -0.1) is 11.3 Å². The van der Waals surface area contributed by atoms with Crippen molar-refractivity contribution in [3.05, 3.63) is 19.4 Å². The summed E-state index contributed by atoms with van der Waals surface area (Å²) in [6, 6.07) is 2.70. The number of carbonyl (C=O) groups is 1. The predicted octanol–water partition coefficient (Wildman–Crippen LogP) is 3.27. The number of thiophene rings is 1. The van der Waals surface area contributed by atoms with Gasteiger partial charge in [-0.05, 0) is 60.4 Å². The number of carbonyl (C=O) groups excluding carboxylic acids is 1. The molecule has 0 saturated heterocycles. The molecule has 1 aliphatic rings. The van der Waals surface area contributed by atoms with E-state index in [2.05, 4.69) is 34.0 Å². The van der Waals surface area contributed by atoms with E-state index in [9.17, 15) is 4.79 Å². The lowest BCUT2D eigenvalue weighted by Gasteiger charge is -2.23. The molecule has 18 heavy (non-hydrogen) atoms. The first-order valence-electron chi connectivity index (χ1n) is 6.37.